The Hall–Kier alpha value is -2.38. The summed E-state index contributed by atoms with van der Waals surface area (Å²) in [7, 11) is 0. The molecular formula is C19H15N3O2S2. The Morgan fingerprint density at radius 3 is 2.88 bits per heavy atom. The minimum absolute atomic E-state index is 0.0556. The van der Waals surface area contributed by atoms with E-state index in [1.165, 1.54) is 0 Å². The summed E-state index contributed by atoms with van der Waals surface area (Å²) >= 11 is 3.14. The van der Waals surface area contributed by atoms with Crippen molar-refractivity contribution in [2.24, 2.45) is 0 Å². The van der Waals surface area contributed by atoms with Crippen molar-refractivity contribution in [2.75, 3.05) is 0 Å². The molecule has 0 spiro atoms. The highest BCUT2D eigenvalue weighted by atomic mass is 32.2. The molecule has 3 heterocycles. The molecule has 4 aromatic rings. The average molecular weight is 381 g/mol. The van der Waals surface area contributed by atoms with Gasteiger partial charge in [-0.15, -0.1) is 11.3 Å². The van der Waals surface area contributed by atoms with Gasteiger partial charge in [0.1, 0.15) is 6.26 Å². The number of rotatable bonds is 5. The highest BCUT2D eigenvalue weighted by Gasteiger charge is 2.28. The van der Waals surface area contributed by atoms with Gasteiger partial charge in [0.25, 0.3) is 5.56 Å². The predicted molar refractivity (Wildman–Crippen MR) is 104 cm³/mol. The lowest BCUT2D eigenvalue weighted by Gasteiger charge is -2.11. The lowest BCUT2D eigenvalue weighted by atomic mass is 10.2. The van der Waals surface area contributed by atoms with Crippen LogP contribution in [0.4, 0.5) is 0 Å². The van der Waals surface area contributed by atoms with Gasteiger partial charge in [0.2, 0.25) is 5.89 Å². The molecule has 3 aromatic heterocycles. The molecule has 1 aliphatic rings. The van der Waals surface area contributed by atoms with E-state index in [1.54, 1.807) is 29.4 Å². The van der Waals surface area contributed by atoms with Crippen LogP contribution < -0.4 is 5.56 Å². The highest BCUT2D eigenvalue weighted by molar-refractivity contribution is 7.98. The van der Waals surface area contributed by atoms with Crippen molar-refractivity contribution in [3.8, 4) is 10.8 Å². The number of benzene rings is 1. The van der Waals surface area contributed by atoms with Crippen LogP contribution in [0.3, 0.4) is 0 Å². The Morgan fingerprint density at radius 2 is 2.08 bits per heavy atom. The first kappa shape index (κ1) is 15.8. The normalized spacial score (nSPS) is 14.2. The average Bonchev–Trinajstić information content (AvgIpc) is 3.15. The van der Waals surface area contributed by atoms with Crippen molar-refractivity contribution in [1.29, 1.82) is 0 Å². The molecule has 0 radical (unpaired) electrons. The molecule has 130 valence electrons. The molecule has 1 aliphatic carbocycles. The number of para-hydroxylation sites is 1. The van der Waals surface area contributed by atoms with Gasteiger partial charge < -0.3 is 4.42 Å². The van der Waals surface area contributed by atoms with Crippen LogP contribution in [0, 0.1) is 0 Å². The van der Waals surface area contributed by atoms with Crippen molar-refractivity contribution in [2.45, 2.75) is 29.8 Å². The molecule has 0 atom stereocenters. The van der Waals surface area contributed by atoms with Crippen LogP contribution in [0.1, 0.15) is 24.6 Å². The number of thioether (sulfide) groups is 1. The fraction of sp³-hybridized carbons (Fsp3) is 0.211. The van der Waals surface area contributed by atoms with Crippen molar-refractivity contribution in [3.63, 3.8) is 0 Å². The Kier molecular flexibility index (Phi) is 3.90. The number of nitrogens with zero attached hydrogens (tertiary/aromatic N) is 3. The third-order valence-corrected chi connectivity index (χ3v) is 6.16. The van der Waals surface area contributed by atoms with Gasteiger partial charge in [-0.1, -0.05) is 30.0 Å². The van der Waals surface area contributed by atoms with E-state index in [0.29, 0.717) is 17.0 Å². The zero-order chi connectivity index (χ0) is 17.5. The first-order chi connectivity index (χ1) is 12.8. The van der Waals surface area contributed by atoms with Crippen LogP contribution in [-0.2, 0) is 5.75 Å². The summed E-state index contributed by atoms with van der Waals surface area (Å²) in [6.07, 6.45) is 3.77. The first-order valence-electron chi connectivity index (χ1n) is 8.42. The molecule has 5 nitrogen and oxygen atoms in total. The van der Waals surface area contributed by atoms with Gasteiger partial charge in [-0.2, -0.15) is 0 Å². The summed E-state index contributed by atoms with van der Waals surface area (Å²) in [6, 6.07) is 11.8. The van der Waals surface area contributed by atoms with Crippen LogP contribution >= 0.6 is 23.1 Å². The minimum Gasteiger partial charge on any atom is -0.444 e. The predicted octanol–water partition coefficient (Wildman–Crippen LogP) is 4.74. The summed E-state index contributed by atoms with van der Waals surface area (Å²) in [6.45, 7) is 0. The number of fused-ring (bicyclic) bond motifs is 1. The van der Waals surface area contributed by atoms with Crippen LogP contribution in [0.15, 0.2) is 62.4 Å². The molecule has 0 saturated heterocycles. The van der Waals surface area contributed by atoms with E-state index in [0.717, 1.165) is 34.1 Å². The summed E-state index contributed by atoms with van der Waals surface area (Å²) < 4.78 is 7.43. The molecule has 5 rings (SSSR count). The lowest BCUT2D eigenvalue weighted by molar-refractivity contribution is 0.575. The zero-order valence-corrected chi connectivity index (χ0v) is 15.4. The second kappa shape index (κ2) is 6.41. The van der Waals surface area contributed by atoms with E-state index >= 15 is 0 Å². The first-order valence-corrected chi connectivity index (χ1v) is 10.3. The summed E-state index contributed by atoms with van der Waals surface area (Å²) in [5, 5.41) is 3.45. The van der Waals surface area contributed by atoms with Crippen molar-refractivity contribution < 1.29 is 4.42 Å². The van der Waals surface area contributed by atoms with Gasteiger partial charge in [0.05, 0.1) is 21.5 Å². The topological polar surface area (TPSA) is 60.9 Å². The van der Waals surface area contributed by atoms with E-state index in [1.807, 2.05) is 46.3 Å². The van der Waals surface area contributed by atoms with Crippen molar-refractivity contribution >= 4 is 34.0 Å². The second-order valence-corrected chi connectivity index (χ2v) is 8.12. The van der Waals surface area contributed by atoms with Gasteiger partial charge in [-0.3, -0.25) is 9.36 Å². The largest absolute Gasteiger partial charge is 0.444 e. The fourth-order valence-electron chi connectivity index (χ4n) is 2.91. The molecule has 1 fully saturated rings. The number of hydrogen-bond acceptors (Lipinski definition) is 6. The standard InChI is InChI=1S/C19H15N3O2S2/c23-18-14-4-1-2-5-15(14)21-19(22(18)13-7-8-13)26-11-12-10-24-17(20-12)16-6-3-9-25-16/h1-6,9-10,13H,7-8,11H2. The van der Waals surface area contributed by atoms with Gasteiger partial charge in [0.15, 0.2) is 5.16 Å². The minimum atomic E-state index is 0.0556. The molecule has 0 bridgehead atoms. The Bertz CT molecular complexity index is 1130. The number of oxazole rings is 1. The molecule has 26 heavy (non-hydrogen) atoms. The number of thiophene rings is 1. The van der Waals surface area contributed by atoms with Gasteiger partial charge in [-0.25, -0.2) is 9.97 Å². The van der Waals surface area contributed by atoms with E-state index in [9.17, 15) is 4.79 Å². The number of aromatic nitrogens is 3. The Balaban J connectivity index is 1.46. The van der Waals surface area contributed by atoms with Crippen LogP contribution in [-0.4, -0.2) is 14.5 Å². The molecule has 0 amide bonds. The maximum atomic E-state index is 12.9. The summed E-state index contributed by atoms with van der Waals surface area (Å²) in [5.41, 5.74) is 1.65. The van der Waals surface area contributed by atoms with Crippen molar-refractivity contribution in [3.05, 3.63) is 64.1 Å². The smallest absolute Gasteiger partial charge is 0.262 e. The fourth-order valence-corrected chi connectivity index (χ4v) is 4.51. The lowest BCUT2D eigenvalue weighted by Crippen LogP contribution is -2.22. The second-order valence-electron chi connectivity index (χ2n) is 6.23. The number of hydrogen-bond donors (Lipinski definition) is 0. The van der Waals surface area contributed by atoms with E-state index in [4.69, 9.17) is 9.40 Å². The maximum absolute atomic E-state index is 12.9. The quantitative estimate of drug-likeness (QED) is 0.369. The van der Waals surface area contributed by atoms with E-state index in [2.05, 4.69) is 4.98 Å². The molecule has 0 N–H and O–H groups in total. The summed E-state index contributed by atoms with van der Waals surface area (Å²) in [5.74, 6) is 1.26. The molecule has 0 aliphatic heterocycles. The van der Waals surface area contributed by atoms with Crippen LogP contribution in [0.5, 0.6) is 0 Å². The van der Waals surface area contributed by atoms with Crippen LogP contribution in [0.25, 0.3) is 21.7 Å². The van der Waals surface area contributed by atoms with Gasteiger partial charge >= 0.3 is 0 Å². The maximum Gasteiger partial charge on any atom is 0.262 e. The van der Waals surface area contributed by atoms with E-state index in [-0.39, 0.29) is 11.6 Å². The molecular weight excluding hydrogens is 366 g/mol. The third kappa shape index (κ3) is 2.87. The monoisotopic (exact) mass is 381 g/mol. The molecule has 0 unspecified atom stereocenters. The Morgan fingerprint density at radius 1 is 1.19 bits per heavy atom. The highest BCUT2D eigenvalue weighted by Crippen LogP contribution is 2.37. The molecule has 7 heteroatoms. The van der Waals surface area contributed by atoms with Gasteiger partial charge in [-0.05, 0) is 36.4 Å². The zero-order valence-electron chi connectivity index (χ0n) is 13.8. The van der Waals surface area contributed by atoms with Crippen molar-refractivity contribution in [1.82, 2.24) is 14.5 Å². The molecule has 1 aromatic carbocycles. The summed E-state index contributed by atoms with van der Waals surface area (Å²) in [4.78, 5) is 23.2. The third-order valence-electron chi connectivity index (χ3n) is 4.32. The van der Waals surface area contributed by atoms with Gasteiger partial charge in [0, 0.05) is 11.8 Å². The molecule has 1 saturated carbocycles. The SMILES string of the molecule is O=c1c2ccccc2nc(SCc2coc(-c3cccs3)n2)n1C1CC1. The van der Waals surface area contributed by atoms with E-state index < -0.39 is 0 Å². The van der Waals surface area contributed by atoms with Crippen LogP contribution in [0.2, 0.25) is 0 Å². The Labute approximate surface area is 157 Å².